The molecule has 7 aromatic carbocycles. The smallest absolute Gasteiger partial charge is 0.160 e. The minimum atomic E-state index is 0.872. The van der Waals surface area contributed by atoms with E-state index in [-0.39, 0.29) is 0 Å². The lowest BCUT2D eigenvalue weighted by molar-refractivity contribution is 0.667. The van der Waals surface area contributed by atoms with Crippen molar-refractivity contribution in [3.05, 3.63) is 140 Å². The van der Waals surface area contributed by atoms with Gasteiger partial charge in [0.2, 0.25) is 0 Å². The fourth-order valence-corrected chi connectivity index (χ4v) is 8.95. The molecule has 4 aromatic heterocycles. The van der Waals surface area contributed by atoms with Crippen molar-refractivity contribution in [3.63, 3.8) is 0 Å². The molecule has 0 bridgehead atoms. The highest BCUT2D eigenvalue weighted by atomic mass is 32.1. The number of hydrogen-bond acceptors (Lipinski definition) is 3. The van der Waals surface area contributed by atoms with Gasteiger partial charge in [-0.1, -0.05) is 109 Å². The number of para-hydroxylation sites is 4. The van der Waals surface area contributed by atoms with Crippen LogP contribution in [0.2, 0.25) is 0 Å². The highest BCUT2D eigenvalue weighted by Gasteiger charge is 2.27. The first-order valence-electron chi connectivity index (χ1n) is 15.5. The maximum atomic E-state index is 6.88. The van der Waals surface area contributed by atoms with Gasteiger partial charge in [-0.15, -0.1) is 11.3 Å². The first kappa shape index (κ1) is 24.5. The lowest BCUT2D eigenvalue weighted by Gasteiger charge is -2.15. The van der Waals surface area contributed by atoms with Gasteiger partial charge < -0.3 is 13.4 Å². The number of aromatic nitrogens is 1. The SMILES string of the molecule is c1ccc(-n2c3ccccc3c3c4oc5ccccc5c4c4c5ccccc5oc4c32)c(-c2cccc3c2sc2ccccc23)c1. The van der Waals surface area contributed by atoms with Crippen molar-refractivity contribution >= 4 is 97.2 Å². The molecule has 4 heterocycles. The van der Waals surface area contributed by atoms with Crippen LogP contribution in [0, 0.1) is 0 Å². The summed E-state index contributed by atoms with van der Waals surface area (Å²) in [5, 5.41) is 9.20. The second-order valence-electron chi connectivity index (χ2n) is 12.0. The van der Waals surface area contributed by atoms with Crippen molar-refractivity contribution in [2.45, 2.75) is 0 Å². The Balaban J connectivity index is 1.37. The Bertz CT molecular complexity index is 3040. The molecule has 0 saturated carbocycles. The molecule has 46 heavy (non-hydrogen) atoms. The summed E-state index contributed by atoms with van der Waals surface area (Å²) >= 11 is 1.86. The highest BCUT2D eigenvalue weighted by Crippen LogP contribution is 2.50. The van der Waals surface area contributed by atoms with E-state index in [0.29, 0.717) is 0 Å². The number of nitrogens with zero attached hydrogens (tertiary/aromatic N) is 1. The predicted octanol–water partition coefficient (Wildman–Crippen LogP) is 12.6. The quantitative estimate of drug-likeness (QED) is 0.196. The summed E-state index contributed by atoms with van der Waals surface area (Å²) in [7, 11) is 0. The molecule has 0 unspecified atom stereocenters. The van der Waals surface area contributed by atoms with Gasteiger partial charge in [-0.3, -0.25) is 0 Å². The van der Waals surface area contributed by atoms with E-state index in [2.05, 4.69) is 132 Å². The predicted molar refractivity (Wildman–Crippen MR) is 194 cm³/mol. The highest BCUT2D eigenvalue weighted by molar-refractivity contribution is 7.26. The first-order chi connectivity index (χ1) is 22.8. The number of benzene rings is 7. The van der Waals surface area contributed by atoms with E-state index in [1.165, 1.54) is 31.3 Å². The van der Waals surface area contributed by atoms with Crippen LogP contribution in [0.5, 0.6) is 0 Å². The van der Waals surface area contributed by atoms with E-state index < -0.39 is 0 Å². The molecule has 214 valence electrons. The van der Waals surface area contributed by atoms with E-state index in [1.807, 2.05) is 23.5 Å². The van der Waals surface area contributed by atoms with Crippen LogP contribution in [0.3, 0.4) is 0 Å². The molecular weight excluding hydrogens is 583 g/mol. The lowest BCUT2D eigenvalue weighted by Crippen LogP contribution is -1.97. The monoisotopic (exact) mass is 605 g/mol. The number of rotatable bonds is 2. The molecule has 0 N–H and O–H groups in total. The van der Waals surface area contributed by atoms with Gasteiger partial charge in [0.1, 0.15) is 22.3 Å². The zero-order valence-electron chi connectivity index (χ0n) is 24.5. The topological polar surface area (TPSA) is 31.2 Å². The minimum Gasteiger partial charge on any atom is -0.455 e. The molecule has 0 spiro atoms. The second-order valence-corrected chi connectivity index (χ2v) is 13.0. The third-order valence-electron chi connectivity index (χ3n) is 9.60. The van der Waals surface area contributed by atoms with Gasteiger partial charge >= 0.3 is 0 Å². The average molecular weight is 606 g/mol. The molecule has 0 saturated heterocycles. The molecular formula is C42H23NO2S. The van der Waals surface area contributed by atoms with Crippen molar-refractivity contribution in [3.8, 4) is 16.8 Å². The fraction of sp³-hybridized carbons (Fsp3) is 0. The summed E-state index contributed by atoms with van der Waals surface area (Å²) < 4.78 is 18.7. The zero-order chi connectivity index (χ0) is 29.9. The third-order valence-corrected chi connectivity index (χ3v) is 10.8. The Kier molecular flexibility index (Phi) is 4.72. The molecule has 0 radical (unpaired) electrons. The van der Waals surface area contributed by atoms with Gasteiger partial charge in [0, 0.05) is 58.2 Å². The van der Waals surface area contributed by atoms with Gasteiger partial charge in [0.25, 0.3) is 0 Å². The largest absolute Gasteiger partial charge is 0.455 e. The van der Waals surface area contributed by atoms with Crippen LogP contribution in [0.25, 0.3) is 103 Å². The zero-order valence-corrected chi connectivity index (χ0v) is 25.3. The van der Waals surface area contributed by atoms with Crippen LogP contribution in [0.1, 0.15) is 0 Å². The van der Waals surface area contributed by atoms with Gasteiger partial charge in [0.05, 0.1) is 16.6 Å². The second kappa shape index (κ2) is 8.87. The number of thiophene rings is 1. The summed E-state index contributed by atoms with van der Waals surface area (Å²) in [4.78, 5) is 0. The van der Waals surface area contributed by atoms with Gasteiger partial charge in [-0.2, -0.15) is 0 Å². The maximum absolute atomic E-state index is 6.88. The van der Waals surface area contributed by atoms with Gasteiger partial charge in [0.15, 0.2) is 5.58 Å². The van der Waals surface area contributed by atoms with Crippen LogP contribution >= 0.6 is 11.3 Å². The Labute approximate surface area is 266 Å². The van der Waals surface area contributed by atoms with E-state index in [9.17, 15) is 0 Å². The molecule has 0 atom stereocenters. The Hall–Kier alpha value is -5.84. The molecule has 0 aliphatic heterocycles. The lowest BCUT2D eigenvalue weighted by atomic mass is 10.00. The molecule has 0 amide bonds. The summed E-state index contributed by atoms with van der Waals surface area (Å²) in [5.74, 6) is 0. The Morgan fingerprint density at radius 3 is 1.85 bits per heavy atom. The van der Waals surface area contributed by atoms with E-state index in [1.54, 1.807) is 0 Å². The van der Waals surface area contributed by atoms with Crippen LogP contribution < -0.4 is 0 Å². The molecule has 0 fully saturated rings. The Morgan fingerprint density at radius 1 is 0.435 bits per heavy atom. The number of fused-ring (bicyclic) bond motifs is 15. The summed E-state index contributed by atoms with van der Waals surface area (Å²) in [6.07, 6.45) is 0. The van der Waals surface area contributed by atoms with E-state index in [4.69, 9.17) is 8.83 Å². The number of hydrogen-bond donors (Lipinski definition) is 0. The van der Waals surface area contributed by atoms with E-state index >= 15 is 0 Å². The molecule has 4 heteroatoms. The van der Waals surface area contributed by atoms with Crippen LogP contribution in [0.15, 0.2) is 148 Å². The van der Waals surface area contributed by atoms with E-state index in [0.717, 1.165) is 71.4 Å². The average Bonchev–Trinajstić information content (AvgIpc) is 3.87. The molecule has 3 nitrogen and oxygen atoms in total. The number of furan rings is 2. The molecule has 11 aromatic rings. The van der Waals surface area contributed by atoms with Crippen molar-refractivity contribution in [2.24, 2.45) is 0 Å². The standard InChI is InChI=1S/C42H23NO2S/c1-6-19-31(24(12-1)26-17-11-18-27-25-13-5-10-23-35(25)46-42(26)27)43-32-20-7-2-14-28(32)38-39(43)41-37(30-16-4-9-22-34(30)45-41)36-29-15-3-8-21-33(29)44-40(36)38/h1-23H. The first-order valence-corrected chi connectivity index (χ1v) is 16.3. The molecule has 0 aliphatic carbocycles. The Morgan fingerprint density at radius 2 is 1.02 bits per heavy atom. The summed E-state index contributed by atoms with van der Waals surface area (Å²) in [6.45, 7) is 0. The van der Waals surface area contributed by atoms with Crippen LogP contribution in [0.4, 0.5) is 0 Å². The van der Waals surface area contributed by atoms with Crippen molar-refractivity contribution in [2.75, 3.05) is 0 Å². The minimum absolute atomic E-state index is 0.872. The third kappa shape index (κ3) is 3.06. The van der Waals surface area contributed by atoms with Crippen molar-refractivity contribution < 1.29 is 8.83 Å². The maximum Gasteiger partial charge on any atom is 0.160 e. The molecule has 11 rings (SSSR count). The summed E-state index contributed by atoms with van der Waals surface area (Å²) in [6, 6.07) is 49.6. The summed E-state index contributed by atoms with van der Waals surface area (Å²) in [5.41, 5.74) is 9.17. The fourth-order valence-electron chi connectivity index (χ4n) is 7.72. The van der Waals surface area contributed by atoms with Gasteiger partial charge in [-0.05, 0) is 30.3 Å². The van der Waals surface area contributed by atoms with Gasteiger partial charge in [-0.25, -0.2) is 0 Å². The molecule has 0 aliphatic rings. The normalized spacial score (nSPS) is 12.3. The van der Waals surface area contributed by atoms with Crippen molar-refractivity contribution in [1.82, 2.24) is 4.57 Å². The van der Waals surface area contributed by atoms with Crippen LogP contribution in [-0.2, 0) is 0 Å². The van der Waals surface area contributed by atoms with Crippen LogP contribution in [-0.4, -0.2) is 4.57 Å². The van der Waals surface area contributed by atoms with Crippen molar-refractivity contribution in [1.29, 1.82) is 0 Å².